The predicted octanol–water partition coefficient (Wildman–Crippen LogP) is 2.99. The van der Waals surface area contributed by atoms with E-state index in [1.54, 1.807) is 0 Å². The maximum Gasteiger partial charge on any atom is 0.410 e. The highest BCUT2D eigenvalue weighted by Crippen LogP contribution is 2.41. The van der Waals surface area contributed by atoms with Crippen LogP contribution in [0.2, 0.25) is 5.02 Å². The lowest BCUT2D eigenvalue weighted by molar-refractivity contribution is -0.131. The monoisotopic (exact) mass is 351 g/mol. The van der Waals surface area contributed by atoms with E-state index in [0.29, 0.717) is 4.47 Å². The maximum absolute atomic E-state index is 12.7. The van der Waals surface area contributed by atoms with Crippen molar-refractivity contribution >= 4 is 37.6 Å². The Balaban J connectivity index is 3.44. The summed E-state index contributed by atoms with van der Waals surface area (Å²) >= 11 is 8.59. The van der Waals surface area contributed by atoms with Crippen molar-refractivity contribution in [2.75, 3.05) is 0 Å². The number of primary sulfonamides is 1. The molecule has 9 heteroatoms. The van der Waals surface area contributed by atoms with Gasteiger partial charge in [0.05, 0.1) is 0 Å². The lowest BCUT2D eigenvalue weighted by Gasteiger charge is -2.19. The average Bonchev–Trinajstić information content (AvgIpc) is 2.04. The summed E-state index contributed by atoms with van der Waals surface area (Å²) in [7, 11) is -4.84. The molecule has 0 fully saturated rings. The summed E-state index contributed by atoms with van der Waals surface area (Å²) in [5.74, 6) is 0. The molecule has 2 N–H and O–H groups in total. The molecule has 1 rings (SSSR count). The van der Waals surface area contributed by atoms with Crippen LogP contribution in [-0.4, -0.2) is 14.6 Å². The molecule has 0 aromatic heterocycles. The fraction of sp³-hybridized carbons (Fsp3) is 0.250. The van der Waals surface area contributed by atoms with Gasteiger partial charge in [-0.2, -0.15) is 13.2 Å². The summed E-state index contributed by atoms with van der Waals surface area (Å²) in [6.45, 7) is 0. The lowest BCUT2D eigenvalue weighted by atomic mass is 10.1. The molecule has 0 bridgehead atoms. The number of nitrogens with two attached hydrogens (primary N) is 1. The molecule has 0 saturated heterocycles. The molecule has 96 valence electrons. The number of alkyl halides is 3. The Bertz CT molecular complexity index is 532. The molecule has 0 aliphatic carbocycles. The first kappa shape index (κ1) is 14.7. The zero-order chi connectivity index (χ0) is 13.4. The fourth-order valence-electron chi connectivity index (χ4n) is 1.25. The van der Waals surface area contributed by atoms with Gasteiger partial charge in [-0.3, -0.25) is 0 Å². The molecule has 17 heavy (non-hydrogen) atoms. The molecule has 0 spiro atoms. The van der Waals surface area contributed by atoms with E-state index in [9.17, 15) is 21.6 Å². The number of hydrogen-bond acceptors (Lipinski definition) is 2. The Morgan fingerprint density at radius 2 is 1.88 bits per heavy atom. The second-order valence-corrected chi connectivity index (χ2v) is 6.15. The van der Waals surface area contributed by atoms with E-state index in [4.69, 9.17) is 11.6 Å². The van der Waals surface area contributed by atoms with Gasteiger partial charge in [-0.15, -0.1) is 0 Å². The van der Waals surface area contributed by atoms with Crippen LogP contribution in [0.25, 0.3) is 0 Å². The van der Waals surface area contributed by atoms with Crippen LogP contribution in [0.4, 0.5) is 13.2 Å². The minimum atomic E-state index is -5.02. The second kappa shape index (κ2) is 4.75. The first-order chi connectivity index (χ1) is 7.53. The molecular weight excluding hydrogens is 347 g/mol. The summed E-state index contributed by atoms with van der Waals surface area (Å²) < 4.78 is 60.4. The largest absolute Gasteiger partial charge is 0.410 e. The van der Waals surface area contributed by atoms with Gasteiger partial charge in [0.25, 0.3) is 0 Å². The summed E-state index contributed by atoms with van der Waals surface area (Å²) in [4.78, 5) is 0. The second-order valence-electron chi connectivity index (χ2n) is 3.18. The molecule has 0 saturated carbocycles. The Morgan fingerprint density at radius 3 is 2.24 bits per heavy atom. The number of halogens is 5. The number of rotatable bonds is 2. The van der Waals surface area contributed by atoms with Crippen LogP contribution in [0, 0.1) is 0 Å². The Labute approximate surface area is 109 Å². The van der Waals surface area contributed by atoms with Gasteiger partial charge in [-0.25, -0.2) is 13.6 Å². The van der Waals surface area contributed by atoms with Crippen LogP contribution in [0.15, 0.2) is 22.7 Å². The molecule has 1 aromatic rings. The normalized spacial score (nSPS) is 14.7. The van der Waals surface area contributed by atoms with Crippen molar-refractivity contribution in [1.82, 2.24) is 0 Å². The first-order valence-corrected chi connectivity index (χ1v) is 6.85. The summed E-state index contributed by atoms with van der Waals surface area (Å²) in [5, 5.41) is 1.44. The van der Waals surface area contributed by atoms with E-state index >= 15 is 0 Å². The molecular formula is C8H6BrClF3NO2S. The van der Waals surface area contributed by atoms with Crippen LogP contribution >= 0.6 is 27.5 Å². The topological polar surface area (TPSA) is 60.2 Å². The average molecular weight is 353 g/mol. The van der Waals surface area contributed by atoms with Gasteiger partial charge in [0.1, 0.15) is 0 Å². The van der Waals surface area contributed by atoms with Crippen molar-refractivity contribution in [3.63, 3.8) is 0 Å². The van der Waals surface area contributed by atoms with Gasteiger partial charge in [-0.1, -0.05) is 33.6 Å². The van der Waals surface area contributed by atoms with Gasteiger partial charge >= 0.3 is 6.18 Å². The van der Waals surface area contributed by atoms with Crippen LogP contribution in [0.1, 0.15) is 10.8 Å². The maximum atomic E-state index is 12.7. The summed E-state index contributed by atoms with van der Waals surface area (Å²) in [5.41, 5.74) is -0.593. The Hall–Kier alpha value is -0.310. The molecule has 0 aliphatic rings. The van der Waals surface area contributed by atoms with Crippen LogP contribution in [0.3, 0.4) is 0 Å². The highest BCUT2D eigenvalue weighted by molar-refractivity contribution is 9.10. The third kappa shape index (κ3) is 3.57. The molecule has 0 aliphatic heterocycles. The van der Waals surface area contributed by atoms with E-state index in [2.05, 4.69) is 21.1 Å². The van der Waals surface area contributed by atoms with Gasteiger partial charge in [0, 0.05) is 9.50 Å². The Morgan fingerprint density at radius 1 is 1.35 bits per heavy atom. The highest BCUT2D eigenvalue weighted by atomic mass is 79.9. The van der Waals surface area contributed by atoms with Crippen molar-refractivity contribution in [3.8, 4) is 0 Å². The van der Waals surface area contributed by atoms with Crippen molar-refractivity contribution < 1.29 is 21.6 Å². The van der Waals surface area contributed by atoms with Crippen molar-refractivity contribution in [3.05, 3.63) is 33.3 Å². The summed E-state index contributed by atoms with van der Waals surface area (Å²) in [6.07, 6.45) is -5.02. The molecule has 0 amide bonds. The van der Waals surface area contributed by atoms with Crippen molar-refractivity contribution in [2.24, 2.45) is 5.14 Å². The number of sulfonamides is 1. The zero-order valence-corrected chi connectivity index (χ0v) is 11.2. The number of benzene rings is 1. The Kier molecular flexibility index (Phi) is 4.12. The van der Waals surface area contributed by atoms with Crippen molar-refractivity contribution in [1.29, 1.82) is 0 Å². The van der Waals surface area contributed by atoms with E-state index in [1.165, 1.54) is 12.1 Å². The van der Waals surface area contributed by atoms with Gasteiger partial charge in [-0.05, 0) is 17.7 Å². The van der Waals surface area contributed by atoms with Crippen LogP contribution < -0.4 is 5.14 Å². The molecule has 0 radical (unpaired) electrons. The quantitative estimate of drug-likeness (QED) is 0.889. The highest BCUT2D eigenvalue weighted by Gasteiger charge is 2.49. The first-order valence-electron chi connectivity index (χ1n) is 4.07. The number of hydrogen-bond donors (Lipinski definition) is 1. The predicted molar refractivity (Wildman–Crippen MR) is 61.1 cm³/mol. The van der Waals surface area contributed by atoms with Crippen LogP contribution in [-0.2, 0) is 10.0 Å². The SMILES string of the molecule is NS(=O)(=O)C(c1ccc(Br)cc1Cl)C(F)(F)F. The van der Waals surface area contributed by atoms with E-state index in [0.717, 1.165) is 6.07 Å². The van der Waals surface area contributed by atoms with Gasteiger partial charge in [0.15, 0.2) is 5.25 Å². The molecule has 1 aromatic carbocycles. The van der Waals surface area contributed by atoms with Crippen LogP contribution in [0.5, 0.6) is 0 Å². The zero-order valence-electron chi connectivity index (χ0n) is 8.00. The third-order valence-electron chi connectivity index (χ3n) is 1.87. The molecule has 1 atom stereocenters. The van der Waals surface area contributed by atoms with E-state index in [1.807, 2.05) is 0 Å². The van der Waals surface area contributed by atoms with E-state index < -0.39 is 27.0 Å². The standard InChI is InChI=1S/C8H6BrClF3NO2S/c9-4-1-2-5(6(10)3-4)7(8(11,12)13)17(14,15)16/h1-3,7H,(H2,14,15,16). The summed E-state index contributed by atoms with van der Waals surface area (Å²) in [6, 6.07) is 3.39. The molecule has 3 nitrogen and oxygen atoms in total. The molecule has 0 heterocycles. The lowest BCUT2D eigenvalue weighted by Crippen LogP contribution is -2.33. The third-order valence-corrected chi connectivity index (χ3v) is 3.87. The fourth-order valence-corrected chi connectivity index (χ4v) is 3.03. The van der Waals surface area contributed by atoms with Gasteiger partial charge < -0.3 is 0 Å². The van der Waals surface area contributed by atoms with Crippen molar-refractivity contribution in [2.45, 2.75) is 11.4 Å². The van der Waals surface area contributed by atoms with E-state index in [-0.39, 0.29) is 5.02 Å². The minimum absolute atomic E-state index is 0.323. The molecule has 1 unspecified atom stereocenters. The minimum Gasteiger partial charge on any atom is -0.228 e. The smallest absolute Gasteiger partial charge is 0.228 e. The van der Waals surface area contributed by atoms with Gasteiger partial charge in [0.2, 0.25) is 10.0 Å².